The Morgan fingerprint density at radius 3 is 2.53 bits per heavy atom. The van der Waals surface area contributed by atoms with Gasteiger partial charge in [0.25, 0.3) is 0 Å². The highest BCUT2D eigenvalue weighted by Gasteiger charge is 2.39. The van der Waals surface area contributed by atoms with Gasteiger partial charge in [0.05, 0.1) is 5.92 Å². The molecular weight excluding hydrogens is 194 g/mol. The molecule has 1 aliphatic carbocycles. The summed E-state index contributed by atoms with van der Waals surface area (Å²) < 4.78 is 0. The van der Waals surface area contributed by atoms with Crippen molar-refractivity contribution in [2.45, 2.75) is 44.6 Å². The first-order chi connectivity index (χ1) is 7.18. The van der Waals surface area contributed by atoms with Crippen molar-refractivity contribution in [3.05, 3.63) is 0 Å². The summed E-state index contributed by atoms with van der Waals surface area (Å²) in [4.78, 5) is 22.4. The Labute approximate surface area is 89.0 Å². The monoisotopic (exact) mass is 211 g/mol. The summed E-state index contributed by atoms with van der Waals surface area (Å²) in [7, 11) is 0. The van der Waals surface area contributed by atoms with Gasteiger partial charge in [-0.25, -0.2) is 0 Å². The van der Waals surface area contributed by atoms with E-state index in [1.165, 1.54) is 12.8 Å². The number of hydrogen-bond donors (Lipinski definition) is 2. The summed E-state index contributed by atoms with van der Waals surface area (Å²) in [6.07, 6.45) is 5.33. The molecule has 2 fully saturated rings. The molecule has 15 heavy (non-hydrogen) atoms. The molecule has 2 aliphatic rings. The molecular formula is C11H17NO3. The van der Waals surface area contributed by atoms with Crippen molar-refractivity contribution in [3.8, 4) is 0 Å². The molecule has 2 atom stereocenters. The van der Waals surface area contributed by atoms with E-state index in [0.717, 1.165) is 12.8 Å². The quantitative estimate of drug-likeness (QED) is 0.720. The molecule has 1 amide bonds. The molecule has 1 heterocycles. The Kier molecular flexibility index (Phi) is 2.93. The van der Waals surface area contributed by atoms with E-state index in [4.69, 9.17) is 5.11 Å². The first kappa shape index (κ1) is 10.5. The van der Waals surface area contributed by atoms with E-state index in [2.05, 4.69) is 5.32 Å². The summed E-state index contributed by atoms with van der Waals surface area (Å²) in [6.45, 7) is 0. The van der Waals surface area contributed by atoms with Crippen LogP contribution in [0.25, 0.3) is 0 Å². The highest BCUT2D eigenvalue weighted by atomic mass is 16.4. The third-order valence-electron chi connectivity index (χ3n) is 3.67. The summed E-state index contributed by atoms with van der Waals surface area (Å²) >= 11 is 0. The van der Waals surface area contributed by atoms with E-state index in [1.54, 1.807) is 0 Å². The molecule has 4 heteroatoms. The fraction of sp³-hybridized carbons (Fsp3) is 0.818. The summed E-state index contributed by atoms with van der Waals surface area (Å²) in [5.74, 6) is -0.725. The Bertz CT molecular complexity index is 271. The van der Waals surface area contributed by atoms with Crippen molar-refractivity contribution >= 4 is 11.9 Å². The highest BCUT2D eigenvalue weighted by Crippen LogP contribution is 2.34. The van der Waals surface area contributed by atoms with E-state index >= 15 is 0 Å². The van der Waals surface area contributed by atoms with Gasteiger partial charge >= 0.3 is 5.97 Å². The minimum atomic E-state index is -0.757. The number of carbonyl (C=O) groups excluding carboxylic acids is 1. The van der Waals surface area contributed by atoms with Crippen molar-refractivity contribution in [3.63, 3.8) is 0 Å². The number of carboxylic acids is 1. The van der Waals surface area contributed by atoms with E-state index in [1.807, 2.05) is 0 Å². The van der Waals surface area contributed by atoms with Crippen LogP contribution in [0.3, 0.4) is 0 Å². The third-order valence-corrected chi connectivity index (χ3v) is 3.67. The number of hydrogen-bond acceptors (Lipinski definition) is 2. The number of carbonyl (C=O) groups is 2. The molecule has 0 bridgehead atoms. The number of nitrogens with one attached hydrogen (secondary N) is 1. The number of piperidine rings is 1. The molecule has 0 spiro atoms. The molecule has 0 radical (unpaired) electrons. The molecule has 0 aromatic rings. The second kappa shape index (κ2) is 4.21. The molecule has 1 saturated carbocycles. The van der Waals surface area contributed by atoms with Crippen LogP contribution in [0, 0.1) is 11.8 Å². The lowest BCUT2D eigenvalue weighted by Crippen LogP contribution is -2.51. The molecule has 0 unspecified atom stereocenters. The van der Waals surface area contributed by atoms with Crippen LogP contribution in [0.1, 0.15) is 38.5 Å². The van der Waals surface area contributed by atoms with Gasteiger partial charge in [0.15, 0.2) is 0 Å². The summed E-state index contributed by atoms with van der Waals surface area (Å²) in [5.41, 5.74) is 0. The first-order valence-electron chi connectivity index (χ1n) is 5.70. The lowest BCUT2D eigenvalue weighted by Gasteiger charge is -2.33. The van der Waals surface area contributed by atoms with Crippen molar-refractivity contribution < 1.29 is 14.7 Å². The maximum atomic E-state index is 11.3. The number of carboxylic acid groups (broad SMARTS) is 1. The molecule has 1 aliphatic heterocycles. The van der Waals surface area contributed by atoms with E-state index in [9.17, 15) is 9.59 Å². The Hall–Kier alpha value is -1.06. The van der Waals surface area contributed by atoms with Crippen LogP contribution in [-0.4, -0.2) is 23.0 Å². The largest absolute Gasteiger partial charge is 0.481 e. The van der Waals surface area contributed by atoms with Crippen molar-refractivity contribution in [2.24, 2.45) is 11.8 Å². The zero-order chi connectivity index (χ0) is 10.8. The van der Waals surface area contributed by atoms with Gasteiger partial charge in [-0.05, 0) is 25.2 Å². The Morgan fingerprint density at radius 2 is 1.93 bits per heavy atom. The lowest BCUT2D eigenvalue weighted by atomic mass is 9.81. The van der Waals surface area contributed by atoms with E-state index < -0.39 is 5.97 Å². The maximum Gasteiger partial charge on any atom is 0.308 e. The van der Waals surface area contributed by atoms with Crippen molar-refractivity contribution in [1.29, 1.82) is 0 Å². The average molecular weight is 211 g/mol. The zero-order valence-corrected chi connectivity index (χ0v) is 8.74. The summed E-state index contributed by atoms with van der Waals surface area (Å²) in [6, 6.07) is -0.119. The van der Waals surface area contributed by atoms with Crippen molar-refractivity contribution in [1.82, 2.24) is 5.32 Å². The van der Waals surface area contributed by atoms with Crippen LogP contribution in [0.15, 0.2) is 0 Å². The second-order valence-electron chi connectivity index (χ2n) is 4.62. The lowest BCUT2D eigenvalue weighted by molar-refractivity contribution is -0.146. The molecule has 2 rings (SSSR count). The maximum absolute atomic E-state index is 11.3. The Morgan fingerprint density at radius 1 is 1.27 bits per heavy atom. The molecule has 84 valence electrons. The topological polar surface area (TPSA) is 66.4 Å². The van der Waals surface area contributed by atoms with Gasteiger partial charge in [0.2, 0.25) is 5.91 Å². The molecule has 0 aromatic heterocycles. The van der Waals surface area contributed by atoms with E-state index in [-0.39, 0.29) is 17.9 Å². The van der Waals surface area contributed by atoms with Crippen LogP contribution in [-0.2, 0) is 9.59 Å². The van der Waals surface area contributed by atoms with Crippen LogP contribution >= 0.6 is 0 Å². The van der Waals surface area contributed by atoms with Gasteiger partial charge < -0.3 is 10.4 Å². The molecule has 1 saturated heterocycles. The SMILES string of the molecule is O=C1CC[C@@H](C(=O)O)[C@H](C2CCCC2)N1. The van der Waals surface area contributed by atoms with Gasteiger partial charge in [-0.1, -0.05) is 12.8 Å². The van der Waals surface area contributed by atoms with Gasteiger partial charge in [0.1, 0.15) is 0 Å². The van der Waals surface area contributed by atoms with Crippen LogP contribution < -0.4 is 5.32 Å². The van der Waals surface area contributed by atoms with Crippen molar-refractivity contribution in [2.75, 3.05) is 0 Å². The van der Waals surface area contributed by atoms with Crippen LogP contribution in [0.5, 0.6) is 0 Å². The highest BCUT2D eigenvalue weighted by molar-refractivity contribution is 5.81. The van der Waals surface area contributed by atoms with Crippen LogP contribution in [0.4, 0.5) is 0 Å². The second-order valence-corrected chi connectivity index (χ2v) is 4.62. The third kappa shape index (κ3) is 2.13. The van der Waals surface area contributed by atoms with Crippen LogP contribution in [0.2, 0.25) is 0 Å². The normalized spacial score (nSPS) is 32.7. The minimum Gasteiger partial charge on any atom is -0.481 e. The fourth-order valence-corrected chi connectivity index (χ4v) is 2.86. The minimum absolute atomic E-state index is 0.0180. The standard InChI is InChI=1S/C11H17NO3/c13-9-6-5-8(11(14)15)10(12-9)7-3-1-2-4-7/h7-8,10H,1-6H2,(H,12,13)(H,14,15)/t8-,10+/m1/s1. The zero-order valence-electron chi connectivity index (χ0n) is 8.74. The average Bonchev–Trinajstić information content (AvgIpc) is 2.69. The number of aliphatic carboxylic acids is 1. The van der Waals surface area contributed by atoms with E-state index in [0.29, 0.717) is 18.8 Å². The molecule has 2 N–H and O–H groups in total. The summed E-state index contributed by atoms with van der Waals surface area (Å²) in [5, 5.41) is 12.0. The molecule has 4 nitrogen and oxygen atoms in total. The molecule has 0 aromatic carbocycles. The fourth-order valence-electron chi connectivity index (χ4n) is 2.86. The predicted octanol–water partition coefficient (Wildman–Crippen LogP) is 1.16. The van der Waals surface area contributed by atoms with Gasteiger partial charge in [0, 0.05) is 12.5 Å². The Balaban J connectivity index is 2.08. The number of rotatable bonds is 2. The number of amides is 1. The smallest absolute Gasteiger partial charge is 0.308 e. The van der Waals surface area contributed by atoms with Gasteiger partial charge in [-0.3, -0.25) is 9.59 Å². The first-order valence-corrected chi connectivity index (χ1v) is 5.70. The van der Waals surface area contributed by atoms with Gasteiger partial charge in [-0.2, -0.15) is 0 Å². The predicted molar refractivity (Wildman–Crippen MR) is 54.2 cm³/mol. The van der Waals surface area contributed by atoms with Gasteiger partial charge in [-0.15, -0.1) is 0 Å².